The maximum atomic E-state index is 9.13. The first-order valence-corrected chi connectivity index (χ1v) is 6.02. The fourth-order valence-corrected chi connectivity index (χ4v) is 1.71. The standard InChI is InChI=1S/C14H9Cl2NO/c15-11-3-1-10(2-4-11)14(9-17)18-13-7-5-12(16)6-8-13/h1-8,14H/t14-/m1/s1. The fourth-order valence-electron chi connectivity index (χ4n) is 1.46. The molecular formula is C14H9Cl2NO. The van der Waals surface area contributed by atoms with Crippen LogP contribution in [0.15, 0.2) is 48.5 Å². The van der Waals surface area contributed by atoms with E-state index >= 15 is 0 Å². The van der Waals surface area contributed by atoms with E-state index in [0.29, 0.717) is 15.8 Å². The summed E-state index contributed by atoms with van der Waals surface area (Å²) < 4.78 is 5.58. The van der Waals surface area contributed by atoms with Gasteiger partial charge in [-0.3, -0.25) is 0 Å². The molecule has 0 aliphatic rings. The Balaban J connectivity index is 2.17. The van der Waals surface area contributed by atoms with Crippen molar-refractivity contribution >= 4 is 23.2 Å². The summed E-state index contributed by atoms with van der Waals surface area (Å²) in [4.78, 5) is 0. The lowest BCUT2D eigenvalue weighted by Crippen LogP contribution is -2.04. The van der Waals surface area contributed by atoms with Crippen molar-refractivity contribution in [3.8, 4) is 11.8 Å². The van der Waals surface area contributed by atoms with E-state index in [2.05, 4.69) is 6.07 Å². The smallest absolute Gasteiger partial charge is 0.209 e. The van der Waals surface area contributed by atoms with Crippen molar-refractivity contribution in [3.63, 3.8) is 0 Å². The summed E-state index contributed by atoms with van der Waals surface area (Å²) in [5.74, 6) is 0.598. The Morgan fingerprint density at radius 1 is 0.889 bits per heavy atom. The van der Waals surface area contributed by atoms with Crippen LogP contribution >= 0.6 is 23.2 Å². The molecule has 0 aromatic heterocycles. The first-order chi connectivity index (χ1) is 8.69. The molecule has 0 heterocycles. The minimum absolute atomic E-state index is 0.598. The lowest BCUT2D eigenvalue weighted by atomic mass is 10.1. The van der Waals surface area contributed by atoms with Gasteiger partial charge >= 0.3 is 0 Å². The summed E-state index contributed by atoms with van der Waals surface area (Å²) >= 11 is 11.6. The van der Waals surface area contributed by atoms with Crippen molar-refractivity contribution in [2.45, 2.75) is 6.10 Å². The first kappa shape index (κ1) is 12.8. The molecule has 2 aromatic rings. The summed E-state index contributed by atoms with van der Waals surface area (Å²) in [6.07, 6.45) is -0.663. The largest absolute Gasteiger partial charge is 0.471 e. The molecule has 18 heavy (non-hydrogen) atoms. The number of nitrogens with zero attached hydrogens (tertiary/aromatic N) is 1. The SMILES string of the molecule is N#C[C@@H](Oc1ccc(Cl)cc1)c1ccc(Cl)cc1. The third-order valence-electron chi connectivity index (χ3n) is 2.36. The second-order valence-electron chi connectivity index (χ2n) is 3.63. The molecule has 0 saturated heterocycles. The van der Waals surface area contributed by atoms with E-state index < -0.39 is 6.10 Å². The monoisotopic (exact) mass is 277 g/mol. The predicted molar refractivity (Wildman–Crippen MR) is 71.9 cm³/mol. The van der Waals surface area contributed by atoms with E-state index in [1.54, 1.807) is 48.5 Å². The van der Waals surface area contributed by atoms with Crippen LogP contribution in [0.4, 0.5) is 0 Å². The number of nitriles is 1. The van der Waals surface area contributed by atoms with Crippen molar-refractivity contribution in [2.75, 3.05) is 0 Å². The molecule has 0 unspecified atom stereocenters. The zero-order valence-corrected chi connectivity index (χ0v) is 10.8. The third kappa shape index (κ3) is 3.16. The van der Waals surface area contributed by atoms with Crippen LogP contribution in [-0.4, -0.2) is 0 Å². The fraction of sp³-hybridized carbons (Fsp3) is 0.0714. The highest BCUT2D eigenvalue weighted by Crippen LogP contribution is 2.24. The van der Waals surface area contributed by atoms with Crippen LogP contribution in [0.25, 0.3) is 0 Å². The molecule has 0 aliphatic heterocycles. The molecule has 2 rings (SSSR count). The van der Waals surface area contributed by atoms with E-state index in [9.17, 15) is 0 Å². The van der Waals surface area contributed by atoms with Gasteiger partial charge in [0.1, 0.15) is 11.8 Å². The zero-order chi connectivity index (χ0) is 13.0. The van der Waals surface area contributed by atoms with Crippen molar-refractivity contribution in [1.29, 1.82) is 5.26 Å². The van der Waals surface area contributed by atoms with Gasteiger partial charge < -0.3 is 4.74 Å². The van der Waals surface area contributed by atoms with Crippen LogP contribution in [0.5, 0.6) is 5.75 Å². The highest BCUT2D eigenvalue weighted by Gasteiger charge is 2.11. The number of hydrogen-bond donors (Lipinski definition) is 0. The third-order valence-corrected chi connectivity index (χ3v) is 2.86. The Bertz CT molecular complexity index is 558. The van der Waals surface area contributed by atoms with Gasteiger partial charge in [0.2, 0.25) is 6.10 Å². The van der Waals surface area contributed by atoms with Gasteiger partial charge in [0.15, 0.2) is 0 Å². The van der Waals surface area contributed by atoms with Gasteiger partial charge in [-0.05, 0) is 36.4 Å². The minimum Gasteiger partial charge on any atom is -0.471 e. The molecule has 0 spiro atoms. The van der Waals surface area contributed by atoms with Gasteiger partial charge in [-0.15, -0.1) is 0 Å². The average molecular weight is 278 g/mol. The Morgan fingerprint density at radius 3 is 1.89 bits per heavy atom. The lowest BCUT2D eigenvalue weighted by molar-refractivity contribution is 0.262. The first-order valence-electron chi connectivity index (χ1n) is 5.26. The average Bonchev–Trinajstić information content (AvgIpc) is 2.39. The quantitative estimate of drug-likeness (QED) is 0.819. The van der Waals surface area contributed by atoms with E-state index in [1.165, 1.54) is 0 Å². The molecule has 2 nitrogen and oxygen atoms in total. The summed E-state index contributed by atoms with van der Waals surface area (Å²) in [6.45, 7) is 0. The van der Waals surface area contributed by atoms with E-state index in [-0.39, 0.29) is 0 Å². The summed E-state index contributed by atoms with van der Waals surface area (Å²) in [5, 5.41) is 10.4. The number of hydrogen-bond acceptors (Lipinski definition) is 2. The van der Waals surface area contributed by atoms with Crippen molar-refractivity contribution in [1.82, 2.24) is 0 Å². The summed E-state index contributed by atoms with van der Waals surface area (Å²) in [5.41, 5.74) is 0.761. The number of rotatable bonds is 3. The van der Waals surface area contributed by atoms with Crippen LogP contribution in [-0.2, 0) is 0 Å². The molecule has 0 aliphatic carbocycles. The van der Waals surface area contributed by atoms with Crippen LogP contribution in [0.1, 0.15) is 11.7 Å². The van der Waals surface area contributed by atoms with Crippen LogP contribution in [0.2, 0.25) is 10.0 Å². The Kier molecular flexibility index (Phi) is 4.09. The second kappa shape index (κ2) is 5.77. The number of ether oxygens (including phenoxy) is 1. The molecule has 2 aromatic carbocycles. The molecule has 4 heteroatoms. The van der Waals surface area contributed by atoms with Crippen molar-refractivity contribution in [2.24, 2.45) is 0 Å². The highest BCUT2D eigenvalue weighted by molar-refractivity contribution is 6.30. The predicted octanol–water partition coefficient (Wildman–Crippen LogP) is 4.64. The second-order valence-corrected chi connectivity index (χ2v) is 4.51. The molecule has 0 radical (unpaired) electrons. The highest BCUT2D eigenvalue weighted by atomic mass is 35.5. The summed E-state index contributed by atoms with van der Waals surface area (Å²) in [6, 6.07) is 16.0. The van der Waals surface area contributed by atoms with Crippen LogP contribution in [0, 0.1) is 11.3 Å². The van der Waals surface area contributed by atoms with Gasteiger partial charge in [0.05, 0.1) is 0 Å². The molecule has 0 saturated carbocycles. The lowest BCUT2D eigenvalue weighted by Gasteiger charge is -2.12. The Labute approximate surface area is 115 Å². The van der Waals surface area contributed by atoms with Crippen LogP contribution in [0.3, 0.4) is 0 Å². The van der Waals surface area contributed by atoms with Gasteiger partial charge in [0.25, 0.3) is 0 Å². The zero-order valence-electron chi connectivity index (χ0n) is 9.31. The van der Waals surface area contributed by atoms with Gasteiger partial charge in [-0.1, -0.05) is 35.3 Å². The molecular weight excluding hydrogens is 269 g/mol. The number of halogens is 2. The topological polar surface area (TPSA) is 33.0 Å². The van der Waals surface area contributed by atoms with Gasteiger partial charge in [-0.2, -0.15) is 5.26 Å². The maximum Gasteiger partial charge on any atom is 0.209 e. The number of benzene rings is 2. The van der Waals surface area contributed by atoms with Gasteiger partial charge in [-0.25, -0.2) is 0 Å². The van der Waals surface area contributed by atoms with Crippen LogP contribution < -0.4 is 4.74 Å². The van der Waals surface area contributed by atoms with E-state index in [1.807, 2.05) is 0 Å². The Morgan fingerprint density at radius 2 is 1.39 bits per heavy atom. The molecule has 1 atom stereocenters. The molecule has 0 bridgehead atoms. The maximum absolute atomic E-state index is 9.13. The van der Waals surface area contributed by atoms with E-state index in [4.69, 9.17) is 33.2 Å². The molecule has 90 valence electrons. The molecule has 0 amide bonds. The molecule has 0 fully saturated rings. The van der Waals surface area contributed by atoms with Gasteiger partial charge in [0, 0.05) is 15.6 Å². The van der Waals surface area contributed by atoms with Crippen molar-refractivity contribution in [3.05, 3.63) is 64.1 Å². The Hall–Kier alpha value is -1.69. The summed E-state index contributed by atoms with van der Waals surface area (Å²) in [7, 11) is 0. The minimum atomic E-state index is -0.663. The molecule has 0 N–H and O–H groups in total. The van der Waals surface area contributed by atoms with Crippen molar-refractivity contribution < 1.29 is 4.74 Å². The van der Waals surface area contributed by atoms with E-state index in [0.717, 1.165) is 5.56 Å². The normalized spacial score (nSPS) is 11.6.